The van der Waals surface area contributed by atoms with Crippen molar-refractivity contribution in [3.05, 3.63) is 23.8 Å². The maximum absolute atomic E-state index is 8.61. The first kappa shape index (κ1) is 6.84. The van der Waals surface area contributed by atoms with Crippen LogP contribution in [-0.2, 0) is 0 Å². The molecule has 0 saturated carbocycles. The summed E-state index contributed by atoms with van der Waals surface area (Å²) in [7, 11) is 0. The minimum Gasteiger partial charge on any atom is -0.392 e. The molecule has 0 bridgehead atoms. The molecule has 50 valence electrons. The predicted molar refractivity (Wildman–Crippen MR) is 38.6 cm³/mol. The Balaban J connectivity index is 2.52. The molecule has 0 saturated heterocycles. The van der Waals surface area contributed by atoms with Crippen molar-refractivity contribution in [2.45, 2.75) is 11.8 Å². The highest BCUT2D eigenvalue weighted by molar-refractivity contribution is 6.22. The molecule has 9 heavy (non-hydrogen) atoms. The van der Waals surface area contributed by atoms with Crippen LogP contribution in [0.4, 0.5) is 0 Å². The lowest BCUT2D eigenvalue weighted by molar-refractivity contribution is 0.334. The Labute approximate surface area is 59.6 Å². The minimum atomic E-state index is 0.125. The van der Waals surface area contributed by atoms with E-state index < -0.39 is 0 Å². The monoisotopic (exact) mass is 144 g/mol. The van der Waals surface area contributed by atoms with E-state index in [9.17, 15) is 0 Å². The first-order chi connectivity index (χ1) is 4.33. The lowest BCUT2D eigenvalue weighted by Crippen LogP contribution is -1.99. The van der Waals surface area contributed by atoms with Crippen molar-refractivity contribution in [2.24, 2.45) is 0 Å². The van der Waals surface area contributed by atoms with Gasteiger partial charge in [0.1, 0.15) is 0 Å². The fraction of sp³-hybridized carbons (Fsp3) is 0.429. The van der Waals surface area contributed by atoms with Crippen molar-refractivity contribution < 1.29 is 5.11 Å². The summed E-state index contributed by atoms with van der Waals surface area (Å²) >= 11 is 5.73. The zero-order chi connectivity index (χ0) is 6.69. The number of aliphatic hydroxyl groups is 1. The summed E-state index contributed by atoms with van der Waals surface area (Å²) in [6.07, 6.45) is 6.56. The Kier molecular flexibility index (Phi) is 2.31. The minimum absolute atomic E-state index is 0.125. The summed E-state index contributed by atoms with van der Waals surface area (Å²) in [5.41, 5.74) is 0.965. The Hall–Kier alpha value is -0.270. The van der Waals surface area contributed by atoms with Crippen LogP contribution < -0.4 is 0 Å². The molecule has 1 aliphatic carbocycles. The SMILES string of the molecule is OCC1=CCC(Cl)C=C1. The first-order valence-corrected chi connectivity index (χ1v) is 3.38. The molecule has 0 heterocycles. The summed E-state index contributed by atoms with van der Waals surface area (Å²) < 4.78 is 0. The van der Waals surface area contributed by atoms with Crippen LogP contribution in [0.5, 0.6) is 0 Å². The quantitative estimate of drug-likeness (QED) is 0.553. The molecule has 2 heteroatoms. The van der Waals surface area contributed by atoms with Crippen molar-refractivity contribution in [1.29, 1.82) is 0 Å². The Morgan fingerprint density at radius 2 is 2.56 bits per heavy atom. The van der Waals surface area contributed by atoms with E-state index in [0.29, 0.717) is 0 Å². The molecule has 1 aliphatic rings. The van der Waals surface area contributed by atoms with Gasteiger partial charge >= 0.3 is 0 Å². The number of rotatable bonds is 1. The highest BCUT2D eigenvalue weighted by Gasteiger charge is 2.02. The summed E-state index contributed by atoms with van der Waals surface area (Å²) in [4.78, 5) is 0. The largest absolute Gasteiger partial charge is 0.392 e. The lowest BCUT2D eigenvalue weighted by atomic mass is 10.1. The molecule has 1 atom stereocenters. The fourth-order valence-electron chi connectivity index (χ4n) is 0.756. The van der Waals surface area contributed by atoms with Crippen LogP contribution in [0.1, 0.15) is 6.42 Å². The zero-order valence-electron chi connectivity index (χ0n) is 5.05. The van der Waals surface area contributed by atoms with Gasteiger partial charge in [-0.05, 0) is 12.0 Å². The van der Waals surface area contributed by atoms with Gasteiger partial charge in [0.05, 0.1) is 12.0 Å². The van der Waals surface area contributed by atoms with Crippen LogP contribution in [0.2, 0.25) is 0 Å². The second-order valence-corrected chi connectivity index (χ2v) is 2.61. The Morgan fingerprint density at radius 1 is 1.78 bits per heavy atom. The molecule has 0 amide bonds. The number of alkyl halides is 1. The number of halogens is 1. The van der Waals surface area contributed by atoms with Crippen LogP contribution in [0, 0.1) is 0 Å². The van der Waals surface area contributed by atoms with E-state index in [1.807, 2.05) is 18.2 Å². The van der Waals surface area contributed by atoms with Crippen molar-refractivity contribution in [3.8, 4) is 0 Å². The van der Waals surface area contributed by atoms with Gasteiger partial charge in [-0.1, -0.05) is 18.2 Å². The van der Waals surface area contributed by atoms with Crippen molar-refractivity contribution in [2.75, 3.05) is 6.61 Å². The average molecular weight is 145 g/mol. The zero-order valence-corrected chi connectivity index (χ0v) is 5.80. The maximum Gasteiger partial charge on any atom is 0.0678 e. The van der Waals surface area contributed by atoms with Gasteiger partial charge in [0.25, 0.3) is 0 Å². The molecule has 0 fully saturated rings. The van der Waals surface area contributed by atoms with E-state index in [-0.39, 0.29) is 12.0 Å². The molecular weight excluding hydrogens is 136 g/mol. The second kappa shape index (κ2) is 3.04. The van der Waals surface area contributed by atoms with Gasteiger partial charge in [0.2, 0.25) is 0 Å². The van der Waals surface area contributed by atoms with Crippen molar-refractivity contribution in [3.63, 3.8) is 0 Å². The number of hydrogen-bond donors (Lipinski definition) is 1. The van der Waals surface area contributed by atoms with Crippen LogP contribution in [0.15, 0.2) is 23.8 Å². The second-order valence-electron chi connectivity index (χ2n) is 2.05. The van der Waals surface area contributed by atoms with E-state index in [1.54, 1.807) is 0 Å². The first-order valence-electron chi connectivity index (χ1n) is 2.95. The summed E-state index contributed by atoms with van der Waals surface area (Å²) in [6.45, 7) is 0.125. The molecular formula is C7H9ClO. The fourth-order valence-corrected chi connectivity index (χ4v) is 0.918. The highest BCUT2D eigenvalue weighted by atomic mass is 35.5. The topological polar surface area (TPSA) is 20.2 Å². The van der Waals surface area contributed by atoms with Crippen molar-refractivity contribution >= 4 is 11.6 Å². The molecule has 1 nitrogen and oxygen atoms in total. The molecule has 1 rings (SSSR count). The van der Waals surface area contributed by atoms with Gasteiger partial charge in [-0.25, -0.2) is 0 Å². The van der Waals surface area contributed by atoms with E-state index in [4.69, 9.17) is 16.7 Å². The summed E-state index contributed by atoms with van der Waals surface area (Å²) in [5.74, 6) is 0. The van der Waals surface area contributed by atoms with Gasteiger partial charge in [-0.2, -0.15) is 0 Å². The predicted octanol–water partition coefficient (Wildman–Crippen LogP) is 1.47. The number of allylic oxidation sites excluding steroid dienone is 2. The number of hydrogen-bond acceptors (Lipinski definition) is 1. The molecule has 0 aromatic rings. The molecule has 0 aromatic carbocycles. The van der Waals surface area contributed by atoms with Crippen LogP contribution >= 0.6 is 11.6 Å². The third-order valence-corrected chi connectivity index (χ3v) is 1.63. The lowest BCUT2D eigenvalue weighted by Gasteiger charge is -2.06. The van der Waals surface area contributed by atoms with Gasteiger partial charge in [-0.15, -0.1) is 11.6 Å². The van der Waals surface area contributed by atoms with Gasteiger partial charge in [0.15, 0.2) is 0 Å². The van der Waals surface area contributed by atoms with E-state index in [0.717, 1.165) is 12.0 Å². The third kappa shape index (κ3) is 1.84. The molecule has 1 unspecified atom stereocenters. The molecule has 0 aliphatic heterocycles. The Morgan fingerprint density at radius 3 is 3.00 bits per heavy atom. The van der Waals surface area contributed by atoms with E-state index in [2.05, 4.69) is 0 Å². The summed E-state index contributed by atoms with van der Waals surface area (Å²) in [6, 6.07) is 0. The molecule has 1 N–H and O–H groups in total. The molecule has 0 spiro atoms. The van der Waals surface area contributed by atoms with Crippen LogP contribution in [0.3, 0.4) is 0 Å². The average Bonchev–Trinajstić information content (AvgIpc) is 1.90. The van der Waals surface area contributed by atoms with E-state index in [1.165, 1.54) is 0 Å². The van der Waals surface area contributed by atoms with Crippen LogP contribution in [-0.4, -0.2) is 17.1 Å². The summed E-state index contributed by atoms with van der Waals surface area (Å²) in [5, 5.41) is 8.74. The van der Waals surface area contributed by atoms with Gasteiger partial charge in [0, 0.05) is 0 Å². The van der Waals surface area contributed by atoms with E-state index >= 15 is 0 Å². The maximum atomic E-state index is 8.61. The standard InChI is InChI=1S/C7H9ClO/c8-7-3-1-6(5-9)2-4-7/h1-3,7,9H,4-5H2. The molecule has 0 radical (unpaired) electrons. The normalized spacial score (nSPS) is 26.0. The van der Waals surface area contributed by atoms with Gasteiger partial charge in [-0.3, -0.25) is 0 Å². The highest BCUT2D eigenvalue weighted by Crippen LogP contribution is 2.13. The third-order valence-electron chi connectivity index (χ3n) is 1.31. The smallest absolute Gasteiger partial charge is 0.0678 e. The number of aliphatic hydroxyl groups excluding tert-OH is 1. The molecule has 0 aromatic heterocycles. The van der Waals surface area contributed by atoms with Crippen LogP contribution in [0.25, 0.3) is 0 Å². The van der Waals surface area contributed by atoms with Gasteiger partial charge < -0.3 is 5.11 Å². The Bertz CT molecular complexity index is 149. The van der Waals surface area contributed by atoms with Crippen molar-refractivity contribution in [1.82, 2.24) is 0 Å².